The first-order valence-electron chi connectivity index (χ1n) is 10.2. The minimum absolute atomic E-state index is 0.295. The molecule has 2 aromatic carbocycles. The highest BCUT2D eigenvalue weighted by molar-refractivity contribution is 5.75. The van der Waals surface area contributed by atoms with Crippen LogP contribution in [0, 0.1) is 24.1 Å². The first-order chi connectivity index (χ1) is 14.6. The van der Waals surface area contributed by atoms with Crippen LogP contribution in [0.1, 0.15) is 42.3 Å². The number of hydrogen-bond acceptors (Lipinski definition) is 3. The summed E-state index contributed by atoms with van der Waals surface area (Å²) in [6.07, 6.45) is 4.70. The van der Waals surface area contributed by atoms with Gasteiger partial charge in [0.05, 0.1) is 18.2 Å². The van der Waals surface area contributed by atoms with Gasteiger partial charge in [-0.1, -0.05) is 43.7 Å². The van der Waals surface area contributed by atoms with Gasteiger partial charge in [-0.15, -0.1) is 0 Å². The average molecular weight is 398 g/mol. The Hall–Kier alpha value is -3.52. The van der Waals surface area contributed by atoms with Crippen molar-refractivity contribution in [3.63, 3.8) is 0 Å². The lowest BCUT2D eigenvalue weighted by Crippen LogP contribution is -2.08. The Morgan fingerprint density at radius 3 is 2.73 bits per heavy atom. The molecule has 0 aliphatic rings. The molecule has 0 saturated carbocycles. The van der Waals surface area contributed by atoms with Gasteiger partial charge in [-0.3, -0.25) is 0 Å². The molecule has 0 unspecified atom stereocenters. The molecule has 0 atom stereocenters. The fraction of sp³-hybridized carbons (Fsp3) is 0.240. The summed E-state index contributed by atoms with van der Waals surface area (Å²) in [6.45, 7) is 4.54. The predicted octanol–water partition coefficient (Wildman–Crippen LogP) is 5.81. The van der Waals surface area contributed by atoms with Crippen molar-refractivity contribution in [2.75, 3.05) is 0 Å². The number of unbranched alkanes of at least 4 members (excludes halogenated alkanes) is 1. The summed E-state index contributed by atoms with van der Waals surface area (Å²) in [7, 11) is 0. The van der Waals surface area contributed by atoms with Crippen molar-refractivity contribution in [2.24, 2.45) is 0 Å². The van der Waals surface area contributed by atoms with Crippen LogP contribution in [-0.2, 0) is 13.0 Å². The SMILES string of the molecule is CCCCc1nc2c(C)ccnc2n1Cc1ccc(-c2ccccc2C#N)cc1F. The van der Waals surface area contributed by atoms with Crippen LogP contribution < -0.4 is 0 Å². The fourth-order valence-electron chi connectivity index (χ4n) is 3.72. The molecule has 2 heterocycles. The smallest absolute Gasteiger partial charge is 0.160 e. The first-order valence-corrected chi connectivity index (χ1v) is 10.2. The molecule has 5 heteroatoms. The maximum absolute atomic E-state index is 15.1. The Bertz CT molecular complexity index is 1250. The highest BCUT2D eigenvalue weighted by atomic mass is 19.1. The second-order valence-corrected chi connectivity index (χ2v) is 7.48. The quantitative estimate of drug-likeness (QED) is 0.412. The van der Waals surface area contributed by atoms with Gasteiger partial charge in [-0.2, -0.15) is 5.26 Å². The van der Waals surface area contributed by atoms with Crippen LogP contribution in [0.15, 0.2) is 54.7 Å². The van der Waals surface area contributed by atoms with Gasteiger partial charge in [0.1, 0.15) is 17.2 Å². The number of aromatic nitrogens is 3. The van der Waals surface area contributed by atoms with Gasteiger partial charge in [0.15, 0.2) is 5.65 Å². The Morgan fingerprint density at radius 1 is 1.13 bits per heavy atom. The van der Waals surface area contributed by atoms with E-state index in [2.05, 4.69) is 18.0 Å². The fourth-order valence-corrected chi connectivity index (χ4v) is 3.72. The standard InChI is InChI=1S/C25H23FN4/c1-3-4-9-23-29-24-17(2)12-13-28-25(24)30(23)16-20-11-10-18(14-22(20)26)21-8-6-5-7-19(21)15-27/h5-8,10-14H,3-4,9,16H2,1-2H3. The maximum atomic E-state index is 15.1. The highest BCUT2D eigenvalue weighted by Gasteiger charge is 2.16. The van der Waals surface area contributed by atoms with Crippen LogP contribution in [0.2, 0.25) is 0 Å². The molecule has 0 bridgehead atoms. The second kappa shape index (κ2) is 8.46. The number of imidazole rings is 1. The van der Waals surface area contributed by atoms with Crippen LogP contribution >= 0.6 is 0 Å². The van der Waals surface area contributed by atoms with E-state index < -0.39 is 0 Å². The molecule has 4 aromatic rings. The van der Waals surface area contributed by atoms with E-state index in [1.54, 1.807) is 18.3 Å². The molecule has 30 heavy (non-hydrogen) atoms. The Labute approximate surface area is 175 Å². The van der Waals surface area contributed by atoms with E-state index in [-0.39, 0.29) is 5.82 Å². The van der Waals surface area contributed by atoms with E-state index >= 15 is 4.39 Å². The summed E-state index contributed by atoms with van der Waals surface area (Å²) in [6, 6.07) is 16.5. The van der Waals surface area contributed by atoms with Gasteiger partial charge >= 0.3 is 0 Å². The summed E-state index contributed by atoms with van der Waals surface area (Å²) in [5.74, 6) is 0.642. The largest absolute Gasteiger partial charge is 0.308 e. The third kappa shape index (κ3) is 3.69. The zero-order chi connectivity index (χ0) is 21.1. The molecule has 4 nitrogen and oxygen atoms in total. The van der Waals surface area contributed by atoms with Crippen molar-refractivity contribution in [1.29, 1.82) is 5.26 Å². The summed E-state index contributed by atoms with van der Waals surface area (Å²) in [5, 5.41) is 9.34. The van der Waals surface area contributed by atoms with E-state index in [0.717, 1.165) is 47.4 Å². The molecule has 0 amide bonds. The number of aryl methyl sites for hydroxylation is 2. The van der Waals surface area contributed by atoms with Crippen molar-refractivity contribution < 1.29 is 4.39 Å². The summed E-state index contributed by atoms with van der Waals surface area (Å²) < 4.78 is 17.1. The minimum Gasteiger partial charge on any atom is -0.308 e. The zero-order valence-electron chi connectivity index (χ0n) is 17.2. The van der Waals surface area contributed by atoms with Gasteiger partial charge in [-0.05, 0) is 48.2 Å². The van der Waals surface area contributed by atoms with Gasteiger partial charge < -0.3 is 4.57 Å². The predicted molar refractivity (Wildman–Crippen MR) is 117 cm³/mol. The minimum atomic E-state index is -0.295. The molecule has 0 aliphatic carbocycles. The molecule has 2 aromatic heterocycles. The average Bonchev–Trinajstić information content (AvgIpc) is 3.12. The summed E-state index contributed by atoms with van der Waals surface area (Å²) in [4.78, 5) is 9.33. The zero-order valence-corrected chi connectivity index (χ0v) is 17.2. The van der Waals surface area contributed by atoms with Crippen LogP contribution in [0.5, 0.6) is 0 Å². The number of pyridine rings is 1. The molecule has 150 valence electrons. The molecule has 0 spiro atoms. The van der Waals surface area contributed by atoms with Crippen LogP contribution in [0.3, 0.4) is 0 Å². The summed E-state index contributed by atoms with van der Waals surface area (Å²) in [5.41, 5.74) is 5.28. The first kappa shape index (κ1) is 19.8. The number of rotatable bonds is 6. The number of benzene rings is 2. The van der Waals surface area contributed by atoms with Crippen molar-refractivity contribution >= 4 is 11.2 Å². The third-order valence-electron chi connectivity index (χ3n) is 5.41. The van der Waals surface area contributed by atoms with E-state index in [1.165, 1.54) is 6.07 Å². The molecule has 0 N–H and O–H groups in total. The van der Waals surface area contributed by atoms with Crippen molar-refractivity contribution in [3.05, 3.63) is 83.1 Å². The monoisotopic (exact) mass is 398 g/mol. The molecule has 4 rings (SSSR count). The van der Waals surface area contributed by atoms with Crippen molar-refractivity contribution in [2.45, 2.75) is 39.7 Å². The van der Waals surface area contributed by atoms with Crippen LogP contribution in [-0.4, -0.2) is 14.5 Å². The molecule has 0 saturated heterocycles. The molecule has 0 aliphatic heterocycles. The molecule has 0 fully saturated rings. The van der Waals surface area contributed by atoms with E-state index in [1.807, 2.05) is 41.8 Å². The third-order valence-corrected chi connectivity index (χ3v) is 5.41. The lowest BCUT2D eigenvalue weighted by Gasteiger charge is -2.11. The molecular weight excluding hydrogens is 375 g/mol. The Balaban J connectivity index is 1.74. The van der Waals surface area contributed by atoms with Crippen molar-refractivity contribution in [1.82, 2.24) is 14.5 Å². The maximum Gasteiger partial charge on any atom is 0.160 e. The number of fused-ring (bicyclic) bond motifs is 1. The van der Waals surface area contributed by atoms with Gasteiger partial charge in [0.2, 0.25) is 0 Å². The van der Waals surface area contributed by atoms with Crippen molar-refractivity contribution in [3.8, 4) is 17.2 Å². The number of halogens is 1. The molecule has 0 radical (unpaired) electrons. The normalized spacial score (nSPS) is 11.0. The topological polar surface area (TPSA) is 54.5 Å². The van der Waals surface area contributed by atoms with Gasteiger partial charge in [0, 0.05) is 18.2 Å². The van der Waals surface area contributed by atoms with E-state index in [0.29, 0.717) is 23.2 Å². The van der Waals surface area contributed by atoms with Gasteiger partial charge in [-0.25, -0.2) is 14.4 Å². The van der Waals surface area contributed by atoms with E-state index in [9.17, 15) is 5.26 Å². The highest BCUT2D eigenvalue weighted by Crippen LogP contribution is 2.27. The molecular formula is C25H23FN4. The van der Waals surface area contributed by atoms with Gasteiger partial charge in [0.25, 0.3) is 0 Å². The number of nitrogens with zero attached hydrogens (tertiary/aromatic N) is 4. The lowest BCUT2D eigenvalue weighted by atomic mass is 9.99. The Morgan fingerprint density at radius 2 is 1.97 bits per heavy atom. The number of hydrogen-bond donors (Lipinski definition) is 0. The van der Waals surface area contributed by atoms with E-state index in [4.69, 9.17) is 4.98 Å². The number of nitriles is 1. The van der Waals surface area contributed by atoms with Crippen LogP contribution in [0.25, 0.3) is 22.3 Å². The lowest BCUT2D eigenvalue weighted by molar-refractivity contribution is 0.594. The Kier molecular flexibility index (Phi) is 5.58. The van der Waals surface area contributed by atoms with Crippen LogP contribution in [0.4, 0.5) is 4.39 Å². The summed E-state index contributed by atoms with van der Waals surface area (Å²) >= 11 is 0. The second-order valence-electron chi connectivity index (χ2n) is 7.48.